The fourth-order valence-corrected chi connectivity index (χ4v) is 7.26. The first-order valence-corrected chi connectivity index (χ1v) is 14.3. The summed E-state index contributed by atoms with van der Waals surface area (Å²) in [6.07, 6.45) is 10.0. The van der Waals surface area contributed by atoms with Gasteiger partial charge in [-0.2, -0.15) is 0 Å². The highest BCUT2D eigenvalue weighted by molar-refractivity contribution is 7.89. The maximum Gasteiger partial charge on any atom is 0.243 e. The Labute approximate surface area is 203 Å². The van der Waals surface area contributed by atoms with E-state index < -0.39 is 10.0 Å². The summed E-state index contributed by atoms with van der Waals surface area (Å²) in [4.78, 5) is 15.2. The van der Waals surface area contributed by atoms with Crippen LogP contribution >= 0.6 is 0 Å². The Morgan fingerprint density at radius 1 is 0.882 bits per heavy atom. The zero-order valence-electron chi connectivity index (χ0n) is 19.8. The molecule has 34 heavy (non-hydrogen) atoms. The van der Waals surface area contributed by atoms with Gasteiger partial charge in [0.15, 0.2) is 0 Å². The molecule has 1 amide bonds. The quantitative estimate of drug-likeness (QED) is 0.597. The highest BCUT2D eigenvalue weighted by atomic mass is 32.2. The summed E-state index contributed by atoms with van der Waals surface area (Å²) < 4.78 is 30.6. The lowest BCUT2D eigenvalue weighted by Crippen LogP contribution is -2.32. The van der Waals surface area contributed by atoms with E-state index in [9.17, 15) is 13.2 Å². The first-order valence-electron chi connectivity index (χ1n) is 12.8. The van der Waals surface area contributed by atoms with Gasteiger partial charge in [0, 0.05) is 30.7 Å². The molecule has 0 radical (unpaired) electrons. The lowest BCUT2D eigenvalue weighted by Gasteiger charge is -2.28. The van der Waals surface area contributed by atoms with Crippen LogP contribution in [-0.2, 0) is 21.2 Å². The predicted octanol–water partition coefficient (Wildman–Crippen LogP) is 5.16. The van der Waals surface area contributed by atoms with Gasteiger partial charge in [-0.25, -0.2) is 13.1 Å². The molecule has 1 aliphatic heterocycles. The van der Waals surface area contributed by atoms with Crippen molar-refractivity contribution in [3.63, 3.8) is 0 Å². The summed E-state index contributed by atoms with van der Waals surface area (Å²) >= 11 is 0. The molecule has 2 aromatic rings. The monoisotopic (exact) mass is 481 g/mol. The number of carbonyl (C=O) groups excluding carboxylic acids is 1. The number of nitrogens with one attached hydrogen (secondary N) is 2. The molecule has 1 saturated carbocycles. The number of nitrogens with zero attached hydrogens (tertiary/aromatic N) is 1. The van der Waals surface area contributed by atoms with E-state index in [-0.39, 0.29) is 22.8 Å². The molecule has 0 aromatic heterocycles. The molecule has 2 aliphatic carbocycles. The molecule has 2 aromatic carbocycles. The number of carbonyl (C=O) groups is 1. The van der Waals surface area contributed by atoms with Crippen LogP contribution in [0.5, 0.6) is 0 Å². The van der Waals surface area contributed by atoms with Crippen LogP contribution in [0.2, 0.25) is 0 Å². The predicted molar refractivity (Wildman–Crippen MR) is 136 cm³/mol. The van der Waals surface area contributed by atoms with Crippen LogP contribution in [0.15, 0.2) is 47.4 Å². The molecule has 1 atom stereocenters. The van der Waals surface area contributed by atoms with Crippen LogP contribution in [0.4, 0.5) is 11.4 Å². The smallest absolute Gasteiger partial charge is 0.243 e. The molecule has 1 heterocycles. The second kappa shape index (κ2) is 10.1. The SMILES string of the molecule is O=C(Nc1ccc(N2CCCC2)c(S(=O)(=O)N[C@H]2CCCc3ccccc32)c1)C1CCCCC1. The minimum atomic E-state index is -3.80. The number of anilines is 2. The van der Waals surface area contributed by atoms with E-state index in [0.717, 1.165) is 82.1 Å². The van der Waals surface area contributed by atoms with Gasteiger partial charge in [0.25, 0.3) is 0 Å². The maximum atomic E-state index is 13.8. The number of hydrogen-bond acceptors (Lipinski definition) is 4. The van der Waals surface area contributed by atoms with Gasteiger partial charge in [-0.1, -0.05) is 43.5 Å². The zero-order valence-corrected chi connectivity index (χ0v) is 20.6. The summed E-state index contributed by atoms with van der Waals surface area (Å²) in [6, 6.07) is 13.3. The third kappa shape index (κ3) is 5.01. The van der Waals surface area contributed by atoms with E-state index in [1.54, 1.807) is 6.07 Å². The van der Waals surface area contributed by atoms with E-state index in [1.165, 1.54) is 12.0 Å². The van der Waals surface area contributed by atoms with Crippen molar-refractivity contribution < 1.29 is 13.2 Å². The molecule has 5 rings (SSSR count). The van der Waals surface area contributed by atoms with E-state index in [2.05, 4.69) is 21.0 Å². The Hall–Kier alpha value is -2.38. The fraction of sp³-hybridized carbons (Fsp3) is 0.519. The van der Waals surface area contributed by atoms with Crippen molar-refractivity contribution in [1.29, 1.82) is 0 Å². The number of sulfonamides is 1. The molecular weight excluding hydrogens is 446 g/mol. The van der Waals surface area contributed by atoms with Crippen molar-refractivity contribution >= 4 is 27.3 Å². The molecular formula is C27H35N3O3S. The summed E-state index contributed by atoms with van der Waals surface area (Å²) in [5.41, 5.74) is 3.57. The minimum Gasteiger partial charge on any atom is -0.370 e. The molecule has 1 saturated heterocycles. The maximum absolute atomic E-state index is 13.8. The van der Waals surface area contributed by atoms with Crippen molar-refractivity contribution in [2.45, 2.75) is 75.1 Å². The van der Waals surface area contributed by atoms with Crippen LogP contribution in [0, 0.1) is 5.92 Å². The number of aryl methyl sites for hydroxylation is 1. The molecule has 7 heteroatoms. The lowest BCUT2D eigenvalue weighted by atomic mass is 9.88. The molecule has 6 nitrogen and oxygen atoms in total. The second-order valence-electron chi connectivity index (χ2n) is 9.97. The van der Waals surface area contributed by atoms with Crippen molar-refractivity contribution in [2.75, 3.05) is 23.3 Å². The van der Waals surface area contributed by atoms with Crippen LogP contribution in [0.1, 0.15) is 75.0 Å². The molecule has 2 fully saturated rings. The molecule has 2 N–H and O–H groups in total. The largest absolute Gasteiger partial charge is 0.370 e. The summed E-state index contributed by atoms with van der Waals surface area (Å²) in [7, 11) is -3.80. The Morgan fingerprint density at radius 2 is 1.65 bits per heavy atom. The van der Waals surface area contributed by atoms with Gasteiger partial charge >= 0.3 is 0 Å². The average Bonchev–Trinajstić information content (AvgIpc) is 3.39. The van der Waals surface area contributed by atoms with Gasteiger partial charge < -0.3 is 10.2 Å². The summed E-state index contributed by atoms with van der Waals surface area (Å²) in [6.45, 7) is 1.70. The van der Waals surface area contributed by atoms with Gasteiger partial charge in [0.2, 0.25) is 15.9 Å². The Bertz CT molecular complexity index is 1140. The van der Waals surface area contributed by atoms with Crippen LogP contribution in [0.25, 0.3) is 0 Å². The van der Waals surface area contributed by atoms with E-state index in [0.29, 0.717) is 5.69 Å². The van der Waals surface area contributed by atoms with Gasteiger partial charge in [-0.05, 0) is 74.3 Å². The third-order valence-corrected chi connectivity index (χ3v) is 9.11. The lowest BCUT2D eigenvalue weighted by molar-refractivity contribution is -0.120. The number of rotatable bonds is 6. The third-order valence-electron chi connectivity index (χ3n) is 7.61. The van der Waals surface area contributed by atoms with E-state index in [4.69, 9.17) is 0 Å². The van der Waals surface area contributed by atoms with Crippen molar-refractivity contribution in [3.8, 4) is 0 Å². The highest BCUT2D eigenvalue weighted by Gasteiger charge is 2.30. The van der Waals surface area contributed by atoms with Crippen LogP contribution in [-0.4, -0.2) is 27.4 Å². The van der Waals surface area contributed by atoms with Crippen LogP contribution < -0.4 is 14.9 Å². The van der Waals surface area contributed by atoms with Gasteiger partial charge in [-0.15, -0.1) is 0 Å². The number of fused-ring (bicyclic) bond motifs is 1. The normalized spacial score (nSPS) is 21.3. The van der Waals surface area contributed by atoms with E-state index in [1.807, 2.05) is 30.3 Å². The fourth-order valence-electron chi connectivity index (χ4n) is 5.76. The van der Waals surface area contributed by atoms with Gasteiger partial charge in [0.05, 0.1) is 5.69 Å². The number of hydrogen-bond donors (Lipinski definition) is 2. The molecule has 0 spiro atoms. The first kappa shape index (κ1) is 23.4. The molecule has 3 aliphatic rings. The second-order valence-corrected chi connectivity index (χ2v) is 11.6. The molecule has 182 valence electrons. The number of amides is 1. The first-order chi connectivity index (χ1) is 16.5. The Balaban J connectivity index is 1.44. The summed E-state index contributed by atoms with van der Waals surface area (Å²) in [5, 5.41) is 3.01. The van der Waals surface area contributed by atoms with Crippen molar-refractivity contribution in [2.24, 2.45) is 5.92 Å². The Morgan fingerprint density at radius 3 is 2.44 bits per heavy atom. The van der Waals surface area contributed by atoms with Crippen LogP contribution in [0.3, 0.4) is 0 Å². The minimum absolute atomic E-state index is 0.00568. The zero-order chi connectivity index (χ0) is 23.5. The summed E-state index contributed by atoms with van der Waals surface area (Å²) in [5.74, 6) is 0.0232. The van der Waals surface area contributed by atoms with E-state index >= 15 is 0 Å². The van der Waals surface area contributed by atoms with Crippen molar-refractivity contribution in [1.82, 2.24) is 4.72 Å². The molecule has 0 unspecified atom stereocenters. The Kier molecular flexibility index (Phi) is 6.93. The molecule has 0 bridgehead atoms. The van der Waals surface area contributed by atoms with Crippen molar-refractivity contribution in [3.05, 3.63) is 53.6 Å². The highest BCUT2D eigenvalue weighted by Crippen LogP contribution is 2.35. The number of benzene rings is 2. The average molecular weight is 482 g/mol. The standard InChI is InChI=1S/C27H35N3O3S/c31-27(21-10-2-1-3-11-21)28-22-15-16-25(30-17-6-7-18-30)26(19-22)34(32,33)29-24-14-8-12-20-9-4-5-13-23(20)24/h4-5,9,13,15-16,19,21,24,29H,1-3,6-8,10-12,14,17-18H2,(H,28,31)/t24-/m0/s1. The van der Waals surface area contributed by atoms with Gasteiger partial charge in [-0.3, -0.25) is 4.79 Å². The van der Waals surface area contributed by atoms with Gasteiger partial charge in [0.1, 0.15) is 4.90 Å². The topological polar surface area (TPSA) is 78.5 Å².